The molecule has 2 N–H and O–H groups in total. The van der Waals surface area contributed by atoms with Gasteiger partial charge < -0.3 is 20.1 Å². The van der Waals surface area contributed by atoms with Crippen LogP contribution in [0.4, 0.5) is 5.69 Å². The Morgan fingerprint density at radius 3 is 2.82 bits per heavy atom. The Hall–Kier alpha value is -3.11. The number of rotatable bonds is 6. The molecule has 0 radical (unpaired) electrons. The molecule has 0 saturated carbocycles. The van der Waals surface area contributed by atoms with Gasteiger partial charge in [-0.2, -0.15) is 4.31 Å². The van der Waals surface area contributed by atoms with Crippen molar-refractivity contribution in [3.8, 4) is 11.5 Å². The first kappa shape index (κ1) is 24.0. The molecule has 9 nitrogen and oxygen atoms in total. The van der Waals surface area contributed by atoms with E-state index in [-0.39, 0.29) is 23.3 Å². The number of piperidine rings is 1. The molecule has 0 aliphatic carbocycles. The van der Waals surface area contributed by atoms with Gasteiger partial charge in [0, 0.05) is 31.3 Å². The first-order chi connectivity index (χ1) is 16.2. The summed E-state index contributed by atoms with van der Waals surface area (Å²) in [5.41, 5.74) is 1.80. The van der Waals surface area contributed by atoms with Crippen molar-refractivity contribution >= 4 is 27.5 Å². The molecule has 2 aliphatic heterocycles. The van der Waals surface area contributed by atoms with Crippen LogP contribution in [0.5, 0.6) is 11.5 Å². The maximum atomic E-state index is 13.5. The van der Waals surface area contributed by atoms with Crippen molar-refractivity contribution in [2.45, 2.75) is 44.2 Å². The van der Waals surface area contributed by atoms with Gasteiger partial charge in [0.25, 0.3) is 5.91 Å². The zero-order chi connectivity index (χ0) is 24.5. The van der Waals surface area contributed by atoms with E-state index in [1.165, 1.54) is 10.4 Å². The Labute approximate surface area is 199 Å². The molecule has 0 unspecified atom stereocenters. The third-order valence-corrected chi connectivity index (χ3v) is 8.23. The van der Waals surface area contributed by atoms with E-state index in [0.29, 0.717) is 48.7 Å². The van der Waals surface area contributed by atoms with Crippen LogP contribution in [0.15, 0.2) is 41.3 Å². The highest BCUT2D eigenvalue weighted by Crippen LogP contribution is 2.36. The Morgan fingerprint density at radius 1 is 1.29 bits per heavy atom. The summed E-state index contributed by atoms with van der Waals surface area (Å²) in [6.45, 7) is 4.02. The Kier molecular flexibility index (Phi) is 6.81. The number of carbonyl (C=O) groups excluding carboxylic acids is 2. The highest BCUT2D eigenvalue weighted by Gasteiger charge is 2.35. The second-order valence-electron chi connectivity index (χ2n) is 8.60. The van der Waals surface area contributed by atoms with Gasteiger partial charge in [-0.15, -0.1) is 0 Å². The average molecular weight is 488 g/mol. The topological polar surface area (TPSA) is 114 Å². The van der Waals surface area contributed by atoms with Crippen LogP contribution in [0.2, 0.25) is 0 Å². The van der Waals surface area contributed by atoms with Gasteiger partial charge in [-0.05, 0) is 44.4 Å². The van der Waals surface area contributed by atoms with Gasteiger partial charge in [0.1, 0.15) is 11.5 Å². The molecule has 2 aromatic rings. The molecule has 2 aliphatic rings. The van der Waals surface area contributed by atoms with Crippen LogP contribution in [-0.2, 0) is 26.2 Å². The van der Waals surface area contributed by atoms with Crippen molar-refractivity contribution in [1.82, 2.24) is 9.62 Å². The second-order valence-corrected chi connectivity index (χ2v) is 10.5. The van der Waals surface area contributed by atoms with Crippen molar-refractivity contribution in [2.24, 2.45) is 5.92 Å². The van der Waals surface area contributed by atoms with Crippen molar-refractivity contribution in [3.05, 3.63) is 47.5 Å². The van der Waals surface area contributed by atoms with E-state index in [4.69, 9.17) is 9.47 Å². The van der Waals surface area contributed by atoms with E-state index in [1.54, 1.807) is 27.0 Å². The molecule has 182 valence electrons. The minimum atomic E-state index is -3.86. The first-order valence-corrected chi connectivity index (χ1v) is 12.7. The second kappa shape index (κ2) is 9.63. The maximum Gasteiger partial charge on any atom is 0.265 e. The van der Waals surface area contributed by atoms with Gasteiger partial charge in [-0.3, -0.25) is 9.59 Å². The summed E-state index contributed by atoms with van der Waals surface area (Å²) in [7, 11) is -2.28. The van der Waals surface area contributed by atoms with E-state index in [0.717, 1.165) is 5.56 Å². The fraction of sp³-hybridized carbons (Fsp3) is 0.417. The van der Waals surface area contributed by atoms with E-state index in [1.807, 2.05) is 24.3 Å². The minimum absolute atomic E-state index is 0.102. The largest absolute Gasteiger partial charge is 0.496 e. The van der Waals surface area contributed by atoms with Crippen LogP contribution in [0.1, 0.15) is 30.9 Å². The van der Waals surface area contributed by atoms with Crippen molar-refractivity contribution in [1.29, 1.82) is 0 Å². The third-order valence-electron chi connectivity index (χ3n) is 6.23. The van der Waals surface area contributed by atoms with Gasteiger partial charge in [-0.25, -0.2) is 8.42 Å². The summed E-state index contributed by atoms with van der Waals surface area (Å²) < 4.78 is 39.3. The lowest BCUT2D eigenvalue weighted by atomic mass is 9.98. The predicted octanol–water partition coefficient (Wildman–Crippen LogP) is 2.44. The monoisotopic (exact) mass is 487 g/mol. The van der Waals surface area contributed by atoms with E-state index >= 15 is 0 Å². The first-order valence-electron chi connectivity index (χ1n) is 11.2. The lowest BCUT2D eigenvalue weighted by molar-refractivity contribution is -0.126. The third kappa shape index (κ3) is 4.74. The lowest BCUT2D eigenvalue weighted by Crippen LogP contribution is -2.45. The smallest absolute Gasteiger partial charge is 0.265 e. The van der Waals surface area contributed by atoms with E-state index in [2.05, 4.69) is 10.6 Å². The van der Waals surface area contributed by atoms with Crippen molar-refractivity contribution < 1.29 is 27.5 Å². The molecule has 0 bridgehead atoms. The molecular formula is C24H29N3O6S. The molecule has 0 spiro atoms. The van der Waals surface area contributed by atoms with Gasteiger partial charge >= 0.3 is 0 Å². The highest BCUT2D eigenvalue weighted by molar-refractivity contribution is 7.89. The zero-order valence-electron chi connectivity index (χ0n) is 19.5. The number of methoxy groups -OCH3 is 1. The number of hydrogen-bond donors (Lipinski definition) is 2. The molecule has 4 rings (SSSR count). The molecule has 2 aromatic carbocycles. The fourth-order valence-electron chi connectivity index (χ4n) is 4.31. The molecule has 1 saturated heterocycles. The molecule has 10 heteroatoms. The quantitative estimate of drug-likeness (QED) is 0.647. The van der Waals surface area contributed by atoms with Crippen LogP contribution >= 0.6 is 0 Å². The zero-order valence-corrected chi connectivity index (χ0v) is 20.3. The highest BCUT2D eigenvalue weighted by atomic mass is 32.2. The summed E-state index contributed by atoms with van der Waals surface area (Å²) in [6, 6.07) is 10.5. The number of ether oxygens (including phenoxy) is 2. The summed E-state index contributed by atoms with van der Waals surface area (Å²) in [4.78, 5) is 24.9. The SMILES string of the molecule is COc1ccccc1CNC(=O)[C@H]1CCCN(S(=O)(=O)c2cc3c(cc2C)NC(=O)[C@H](C)O3)C1. The number of carbonyl (C=O) groups is 2. The number of nitrogens with one attached hydrogen (secondary N) is 2. The Bertz CT molecular complexity index is 1210. The van der Waals surface area contributed by atoms with Crippen LogP contribution in [-0.4, -0.2) is 50.8 Å². The molecule has 1 fully saturated rings. The average Bonchev–Trinajstić information content (AvgIpc) is 2.83. The molecule has 34 heavy (non-hydrogen) atoms. The number of hydrogen-bond acceptors (Lipinski definition) is 6. The maximum absolute atomic E-state index is 13.5. The van der Waals surface area contributed by atoms with Gasteiger partial charge in [0.05, 0.1) is 23.6 Å². The van der Waals surface area contributed by atoms with E-state index in [9.17, 15) is 18.0 Å². The molecule has 2 atom stereocenters. The molecule has 2 heterocycles. The van der Waals surface area contributed by atoms with Gasteiger partial charge in [0.15, 0.2) is 6.10 Å². The number of sulfonamides is 1. The van der Waals surface area contributed by atoms with E-state index < -0.39 is 22.0 Å². The molecule has 0 aromatic heterocycles. The standard InChI is InChI=1S/C24H29N3O6S/c1-15-11-19-21(33-16(2)23(28)26-19)12-22(15)34(30,31)27-10-6-8-18(14-27)24(29)25-13-17-7-4-5-9-20(17)32-3/h4-5,7,9,11-12,16,18H,6,8,10,13-14H2,1-3H3,(H,25,29)(H,26,28)/t16-,18-/m0/s1. The Balaban J connectivity index is 1.48. The van der Waals surface area contributed by atoms with Gasteiger partial charge in [0.2, 0.25) is 15.9 Å². The number of para-hydroxylation sites is 1. The van der Waals surface area contributed by atoms with Crippen molar-refractivity contribution in [3.63, 3.8) is 0 Å². The van der Waals surface area contributed by atoms with Gasteiger partial charge in [-0.1, -0.05) is 18.2 Å². The van der Waals surface area contributed by atoms with Crippen LogP contribution < -0.4 is 20.1 Å². The molecule has 2 amide bonds. The number of benzene rings is 2. The normalized spacial score (nSPS) is 20.6. The number of anilines is 1. The summed E-state index contributed by atoms with van der Waals surface area (Å²) in [5.74, 6) is 0.0886. The summed E-state index contributed by atoms with van der Waals surface area (Å²) in [6.07, 6.45) is 0.483. The Morgan fingerprint density at radius 2 is 2.06 bits per heavy atom. The minimum Gasteiger partial charge on any atom is -0.496 e. The van der Waals surface area contributed by atoms with Crippen LogP contribution in [0.3, 0.4) is 0 Å². The number of nitrogens with zero attached hydrogens (tertiary/aromatic N) is 1. The predicted molar refractivity (Wildman–Crippen MR) is 126 cm³/mol. The summed E-state index contributed by atoms with van der Waals surface area (Å²) >= 11 is 0. The number of fused-ring (bicyclic) bond motifs is 1. The fourth-order valence-corrected chi connectivity index (χ4v) is 6.06. The molecular weight excluding hydrogens is 458 g/mol. The number of aryl methyl sites for hydroxylation is 1. The van der Waals surface area contributed by atoms with Crippen LogP contribution in [0, 0.1) is 12.8 Å². The van der Waals surface area contributed by atoms with Crippen LogP contribution in [0.25, 0.3) is 0 Å². The lowest BCUT2D eigenvalue weighted by Gasteiger charge is -2.32. The number of amides is 2. The van der Waals surface area contributed by atoms with Crippen molar-refractivity contribution in [2.75, 3.05) is 25.5 Å². The summed E-state index contributed by atoms with van der Waals surface area (Å²) in [5, 5.41) is 5.65.